The van der Waals surface area contributed by atoms with Crippen LogP contribution in [0.3, 0.4) is 0 Å². The number of hydrogen-bond donors (Lipinski definition) is 1. The molecule has 0 saturated heterocycles. The number of rotatable bonds is 5. The Balaban J connectivity index is 1.66. The smallest absolute Gasteiger partial charge is 0.293 e. The first-order chi connectivity index (χ1) is 13.9. The predicted molar refractivity (Wildman–Crippen MR) is 119 cm³/mol. The van der Waals surface area contributed by atoms with Crippen molar-refractivity contribution in [3.63, 3.8) is 0 Å². The summed E-state index contributed by atoms with van der Waals surface area (Å²) < 4.78 is 21.8. The SMILES string of the molecule is COc1ccccc1CNC(=O)S1(=O)(Cn2c(C)cc3ccccc32)C=CCC1. The van der Waals surface area contributed by atoms with Gasteiger partial charge in [0.05, 0.1) is 13.0 Å². The minimum absolute atomic E-state index is 0.171. The molecule has 0 spiro atoms. The van der Waals surface area contributed by atoms with Gasteiger partial charge in [0.1, 0.15) is 5.75 Å². The van der Waals surface area contributed by atoms with Gasteiger partial charge in [-0.2, -0.15) is 0 Å². The predicted octanol–water partition coefficient (Wildman–Crippen LogP) is 4.56. The number of fused-ring (bicyclic) bond motifs is 1. The third kappa shape index (κ3) is 3.38. The van der Waals surface area contributed by atoms with Gasteiger partial charge < -0.3 is 14.6 Å². The Morgan fingerprint density at radius 1 is 1.17 bits per heavy atom. The van der Waals surface area contributed by atoms with Crippen LogP contribution in [0.2, 0.25) is 0 Å². The second-order valence-electron chi connectivity index (χ2n) is 7.58. The van der Waals surface area contributed by atoms with E-state index in [1.54, 1.807) is 12.5 Å². The first-order valence-corrected chi connectivity index (χ1v) is 12.1. The normalized spacial score (nSPS) is 18.2. The van der Waals surface area contributed by atoms with Gasteiger partial charge in [-0.15, -0.1) is 0 Å². The number of methoxy groups -OCH3 is 1. The molecule has 1 aliphatic heterocycles. The fourth-order valence-corrected chi connectivity index (χ4v) is 7.34. The number of amides is 1. The number of aryl methyl sites for hydroxylation is 1. The van der Waals surface area contributed by atoms with Gasteiger partial charge in [0.25, 0.3) is 5.24 Å². The van der Waals surface area contributed by atoms with Crippen LogP contribution in [0.15, 0.2) is 66.1 Å². The van der Waals surface area contributed by atoms with Crippen molar-refractivity contribution in [1.29, 1.82) is 0 Å². The van der Waals surface area contributed by atoms with E-state index in [4.69, 9.17) is 4.74 Å². The van der Waals surface area contributed by atoms with Crippen molar-refractivity contribution in [2.24, 2.45) is 0 Å². The van der Waals surface area contributed by atoms with E-state index in [0.717, 1.165) is 22.2 Å². The zero-order valence-corrected chi connectivity index (χ0v) is 17.6. The lowest BCUT2D eigenvalue weighted by Crippen LogP contribution is -2.49. The molecule has 6 heteroatoms. The maximum atomic E-state index is 14.4. The first kappa shape index (κ1) is 19.5. The number of para-hydroxylation sites is 2. The number of aromatic nitrogens is 1. The van der Waals surface area contributed by atoms with Gasteiger partial charge in [-0.05, 0) is 42.3 Å². The molecule has 0 radical (unpaired) electrons. The van der Waals surface area contributed by atoms with E-state index < -0.39 is 9.07 Å². The Labute approximate surface area is 170 Å². The number of carbonyl (C=O) groups is 1. The third-order valence-electron chi connectivity index (χ3n) is 5.63. The number of nitrogens with zero attached hydrogens (tertiary/aromatic N) is 1. The van der Waals surface area contributed by atoms with E-state index in [0.29, 0.717) is 17.9 Å². The van der Waals surface area contributed by atoms with Crippen LogP contribution < -0.4 is 10.1 Å². The Morgan fingerprint density at radius 2 is 1.93 bits per heavy atom. The fraction of sp³-hybridized carbons (Fsp3) is 0.261. The van der Waals surface area contributed by atoms with E-state index in [-0.39, 0.29) is 17.7 Å². The summed E-state index contributed by atoms with van der Waals surface area (Å²) in [5.41, 5.74) is 2.85. The Hall–Kier alpha value is -2.86. The van der Waals surface area contributed by atoms with Crippen LogP contribution in [0.1, 0.15) is 17.7 Å². The Kier molecular flexibility index (Phi) is 4.82. The molecule has 4 rings (SSSR count). The number of nitrogens with one attached hydrogen (secondary N) is 1. The quantitative estimate of drug-likeness (QED) is 0.671. The molecule has 0 fully saturated rings. The molecule has 0 saturated carbocycles. The van der Waals surface area contributed by atoms with Crippen molar-refractivity contribution in [2.75, 3.05) is 12.9 Å². The lowest BCUT2D eigenvalue weighted by molar-refractivity contribution is 0.258. The molecule has 0 unspecified atom stereocenters. The summed E-state index contributed by atoms with van der Waals surface area (Å²) in [6.07, 6.45) is 2.52. The topological polar surface area (TPSA) is 60.3 Å². The molecular formula is C23H26N2O3S. The molecule has 0 aliphatic carbocycles. The van der Waals surface area contributed by atoms with Gasteiger partial charge >= 0.3 is 0 Å². The van der Waals surface area contributed by atoms with Gasteiger partial charge in [-0.25, -0.2) is 0 Å². The molecule has 5 nitrogen and oxygen atoms in total. The van der Waals surface area contributed by atoms with Crippen molar-refractivity contribution in [3.8, 4) is 5.75 Å². The highest BCUT2D eigenvalue weighted by atomic mass is 32.3. The zero-order valence-electron chi connectivity index (χ0n) is 16.8. The van der Waals surface area contributed by atoms with E-state index >= 15 is 0 Å². The number of allylic oxidation sites excluding steroid dienone is 1. The second-order valence-corrected chi connectivity index (χ2v) is 11.6. The van der Waals surface area contributed by atoms with Crippen LogP contribution in [-0.2, 0) is 21.5 Å². The molecule has 2 aromatic carbocycles. The van der Waals surface area contributed by atoms with Gasteiger partial charge in [0.2, 0.25) is 0 Å². The van der Waals surface area contributed by atoms with E-state index in [2.05, 4.69) is 11.4 Å². The minimum atomic E-state index is -3.72. The number of benzene rings is 2. The van der Waals surface area contributed by atoms with Crippen molar-refractivity contribution in [1.82, 2.24) is 9.88 Å². The van der Waals surface area contributed by atoms with Gasteiger partial charge in [-0.1, -0.05) is 42.5 Å². The summed E-state index contributed by atoms with van der Waals surface area (Å²) in [4.78, 5) is 13.4. The zero-order chi connectivity index (χ0) is 20.5. The lowest BCUT2D eigenvalue weighted by atomic mass is 10.2. The number of carbonyl (C=O) groups excluding carboxylic acids is 1. The number of ether oxygens (including phenoxy) is 1. The van der Waals surface area contributed by atoms with Crippen LogP contribution in [0.25, 0.3) is 10.9 Å². The van der Waals surface area contributed by atoms with Crippen LogP contribution in [0, 0.1) is 6.92 Å². The van der Waals surface area contributed by atoms with Crippen molar-refractivity contribution in [3.05, 3.63) is 77.3 Å². The summed E-state index contributed by atoms with van der Waals surface area (Å²) in [5.74, 6) is 1.22. The van der Waals surface area contributed by atoms with Crippen LogP contribution in [-0.4, -0.2) is 26.9 Å². The minimum Gasteiger partial charge on any atom is -0.496 e. The van der Waals surface area contributed by atoms with Crippen LogP contribution in [0.4, 0.5) is 4.79 Å². The van der Waals surface area contributed by atoms with E-state index in [9.17, 15) is 9.00 Å². The molecular weight excluding hydrogens is 384 g/mol. The highest BCUT2D eigenvalue weighted by Gasteiger charge is 2.45. The molecule has 1 amide bonds. The molecule has 29 heavy (non-hydrogen) atoms. The molecule has 2 heterocycles. The summed E-state index contributed by atoms with van der Waals surface area (Å²) >= 11 is 0. The first-order valence-electron chi connectivity index (χ1n) is 9.69. The molecule has 1 aromatic heterocycles. The van der Waals surface area contributed by atoms with Crippen molar-refractivity contribution < 1.29 is 13.7 Å². The average Bonchev–Trinajstić information content (AvgIpc) is 3.28. The highest BCUT2D eigenvalue weighted by molar-refractivity contribution is 8.33. The summed E-state index contributed by atoms with van der Waals surface area (Å²) in [7, 11) is -2.12. The molecule has 0 bridgehead atoms. The molecule has 1 aliphatic rings. The molecule has 3 aromatic rings. The summed E-state index contributed by atoms with van der Waals surface area (Å²) in [5, 5.41) is 5.30. The van der Waals surface area contributed by atoms with Gasteiger partial charge in [0.15, 0.2) is 0 Å². The van der Waals surface area contributed by atoms with Gasteiger partial charge in [0, 0.05) is 38.1 Å². The standard InChI is InChI=1S/C23H26N2O3S/c1-18-15-19-9-3-5-11-21(19)25(18)17-29(27,13-7-8-14-29)23(26)24-16-20-10-4-6-12-22(20)28-2/h3-7,9-13,15H,8,14,16-17H2,1-2H3,(H,24,26). The lowest BCUT2D eigenvalue weighted by Gasteiger charge is -2.35. The monoisotopic (exact) mass is 410 g/mol. The average molecular weight is 411 g/mol. The largest absolute Gasteiger partial charge is 0.496 e. The van der Waals surface area contributed by atoms with E-state index in [1.165, 1.54) is 0 Å². The fourth-order valence-electron chi connectivity index (χ4n) is 4.00. The molecule has 1 N–H and O–H groups in total. The maximum Gasteiger partial charge on any atom is 0.293 e. The van der Waals surface area contributed by atoms with Gasteiger partial charge in [-0.3, -0.25) is 9.00 Å². The number of hydrogen-bond acceptors (Lipinski definition) is 3. The van der Waals surface area contributed by atoms with Crippen molar-refractivity contribution >= 4 is 25.2 Å². The van der Waals surface area contributed by atoms with Crippen LogP contribution >= 0.6 is 0 Å². The molecule has 152 valence electrons. The second kappa shape index (κ2) is 7.19. The van der Waals surface area contributed by atoms with Crippen molar-refractivity contribution in [2.45, 2.75) is 25.8 Å². The van der Waals surface area contributed by atoms with Crippen LogP contribution in [0.5, 0.6) is 5.75 Å². The van der Waals surface area contributed by atoms with E-state index in [1.807, 2.05) is 66.1 Å². The summed E-state index contributed by atoms with van der Waals surface area (Å²) in [6.45, 7) is 2.27. The summed E-state index contributed by atoms with van der Waals surface area (Å²) in [6, 6.07) is 17.6. The Bertz CT molecular complexity index is 1180. The third-order valence-corrected chi connectivity index (χ3v) is 9.45. The maximum absolute atomic E-state index is 14.4. The molecule has 0 atom stereocenters. The Morgan fingerprint density at radius 3 is 2.69 bits per heavy atom. The highest BCUT2D eigenvalue weighted by Crippen LogP contribution is 2.38.